The number of aliphatic hydroxyl groups excluding tert-OH is 1. The van der Waals surface area contributed by atoms with E-state index in [-0.39, 0.29) is 12.4 Å². The second kappa shape index (κ2) is 5.97. The molecule has 13 heavy (non-hydrogen) atoms. The lowest BCUT2D eigenvalue weighted by Gasteiger charge is -2.17. The van der Waals surface area contributed by atoms with E-state index in [1.165, 1.54) is 7.05 Å². The quantitative estimate of drug-likeness (QED) is 0.787. The van der Waals surface area contributed by atoms with Crippen molar-refractivity contribution in [3.8, 4) is 0 Å². The van der Waals surface area contributed by atoms with Crippen molar-refractivity contribution < 1.29 is 9.22 Å². The van der Waals surface area contributed by atoms with Gasteiger partial charge in [-0.05, 0) is 19.5 Å². The smallest absolute Gasteiger partial charge is 0.0940 e. The van der Waals surface area contributed by atoms with Crippen LogP contribution in [0.1, 0.15) is 22.6 Å². The summed E-state index contributed by atoms with van der Waals surface area (Å²) in [4.78, 5) is 0. The number of hydrogen-bond acceptors (Lipinski definition) is 2. The van der Waals surface area contributed by atoms with Gasteiger partial charge in [-0.1, -0.05) is 30.3 Å². The summed E-state index contributed by atoms with van der Waals surface area (Å²) >= 11 is 0. The largest absolute Gasteiger partial charge is 0.387 e. The molecule has 0 aliphatic carbocycles. The molecule has 0 unspecified atom stereocenters. The fourth-order valence-corrected chi connectivity index (χ4v) is 1.00. The minimum absolute atomic E-state index is 0. The van der Waals surface area contributed by atoms with Crippen LogP contribution in [0.3, 0.4) is 0 Å². The molecule has 2 N–H and O–H groups in total. The molecule has 0 bridgehead atoms. The molecule has 1 rings (SSSR count). The maximum atomic E-state index is 9.89. The summed E-state index contributed by atoms with van der Waals surface area (Å²) in [5, 5.41) is 12.5. The van der Waals surface area contributed by atoms with E-state index in [2.05, 4.69) is 5.32 Å². The van der Waals surface area contributed by atoms with Crippen LogP contribution in [0.15, 0.2) is 30.3 Å². The molecule has 0 saturated carbocycles. The molecular formula is C10H16ClNO. The van der Waals surface area contributed by atoms with E-state index >= 15 is 0 Å². The molecule has 1 aromatic rings. The highest BCUT2D eigenvalue weighted by molar-refractivity contribution is 5.85. The Morgan fingerprint density at radius 3 is 2.46 bits per heavy atom. The van der Waals surface area contributed by atoms with Crippen LogP contribution in [0.4, 0.5) is 0 Å². The zero-order valence-corrected chi connectivity index (χ0v) is 8.21. The van der Waals surface area contributed by atoms with Crippen molar-refractivity contribution in [2.24, 2.45) is 0 Å². The zero-order chi connectivity index (χ0) is 11.5. The van der Waals surface area contributed by atoms with Gasteiger partial charge in [0.1, 0.15) is 0 Å². The van der Waals surface area contributed by atoms with Gasteiger partial charge in [0.05, 0.1) is 6.10 Å². The first-order valence-electron chi connectivity index (χ1n) is 5.37. The number of hydrogen-bond donors (Lipinski definition) is 2. The highest BCUT2D eigenvalue weighted by atomic mass is 35.5. The monoisotopic (exact) mass is 204 g/mol. The molecule has 0 radical (unpaired) electrons. The van der Waals surface area contributed by atoms with Crippen molar-refractivity contribution >= 4 is 12.4 Å². The summed E-state index contributed by atoms with van der Waals surface area (Å²) in [5.41, 5.74) is 0.605. The van der Waals surface area contributed by atoms with Crippen LogP contribution in [-0.2, 0) is 0 Å². The molecule has 74 valence electrons. The molecule has 1 aromatic carbocycles. The molecule has 0 fully saturated rings. The Bertz CT molecular complexity index is 305. The third-order valence-corrected chi connectivity index (χ3v) is 1.77. The Labute approximate surface area is 89.6 Å². The second-order valence-corrected chi connectivity index (χ2v) is 2.62. The van der Waals surface area contributed by atoms with Crippen molar-refractivity contribution in [1.82, 2.24) is 5.32 Å². The highest BCUT2D eigenvalue weighted by Gasteiger charge is 2.12. The summed E-state index contributed by atoms with van der Waals surface area (Å²) in [6.45, 7) is -2.22. The molecule has 3 heteroatoms. The minimum atomic E-state index is -2.22. The Morgan fingerprint density at radius 1 is 1.38 bits per heavy atom. The van der Waals surface area contributed by atoms with Crippen molar-refractivity contribution in [2.75, 3.05) is 7.05 Å². The standard InChI is InChI=1S/C10H15NO.ClH/c1-8(11-2)10(12)9-6-4-3-5-7-9;/h3-8,10-12H,1-2H3;1H/t8-,10-;/m0./s1/i1D3;. The van der Waals surface area contributed by atoms with Crippen LogP contribution in [0.2, 0.25) is 0 Å². The van der Waals surface area contributed by atoms with Gasteiger partial charge < -0.3 is 10.4 Å². The van der Waals surface area contributed by atoms with Crippen LogP contribution in [0.25, 0.3) is 0 Å². The van der Waals surface area contributed by atoms with E-state index in [0.717, 1.165) is 0 Å². The van der Waals surface area contributed by atoms with Gasteiger partial charge in [-0.25, -0.2) is 0 Å². The van der Waals surface area contributed by atoms with Gasteiger partial charge in [-0.3, -0.25) is 0 Å². The zero-order valence-electron chi connectivity index (χ0n) is 10.4. The molecule has 2 nitrogen and oxygen atoms in total. The van der Waals surface area contributed by atoms with Gasteiger partial charge in [0.2, 0.25) is 0 Å². The van der Waals surface area contributed by atoms with Crippen LogP contribution < -0.4 is 5.32 Å². The van der Waals surface area contributed by atoms with E-state index in [1.807, 2.05) is 6.07 Å². The molecule has 0 aliphatic heterocycles. The van der Waals surface area contributed by atoms with Gasteiger partial charge in [0.15, 0.2) is 0 Å². The third-order valence-electron chi connectivity index (χ3n) is 1.77. The predicted octanol–water partition coefficient (Wildman–Crippen LogP) is 1.75. The average Bonchev–Trinajstić information content (AvgIpc) is 2.18. The number of aliphatic hydroxyl groups is 1. The summed E-state index contributed by atoms with van der Waals surface area (Å²) in [7, 11) is 1.53. The molecule has 0 aromatic heterocycles. The molecular weight excluding hydrogens is 186 g/mol. The Hall–Kier alpha value is -0.570. The number of rotatable bonds is 3. The van der Waals surface area contributed by atoms with Gasteiger partial charge in [0, 0.05) is 10.2 Å². The first-order chi connectivity index (χ1) is 6.96. The fraction of sp³-hybridized carbons (Fsp3) is 0.400. The van der Waals surface area contributed by atoms with Crippen molar-refractivity contribution in [3.63, 3.8) is 0 Å². The molecule has 0 amide bonds. The first kappa shape index (κ1) is 7.80. The molecule has 0 spiro atoms. The third kappa shape index (κ3) is 3.35. The Morgan fingerprint density at radius 2 is 2.00 bits per heavy atom. The Balaban J connectivity index is 0.00000225. The van der Waals surface area contributed by atoms with Gasteiger partial charge >= 0.3 is 0 Å². The second-order valence-electron chi connectivity index (χ2n) is 2.62. The fourth-order valence-electron chi connectivity index (χ4n) is 1.00. The molecule has 0 heterocycles. The number of halogens is 1. The number of likely N-dealkylation sites (N-methyl/N-ethyl adjacent to an activating group) is 1. The maximum absolute atomic E-state index is 9.89. The van der Waals surface area contributed by atoms with Crippen molar-refractivity contribution in [2.45, 2.75) is 19.0 Å². The lowest BCUT2D eigenvalue weighted by atomic mass is 10.0. The van der Waals surface area contributed by atoms with Crippen molar-refractivity contribution in [1.29, 1.82) is 0 Å². The SMILES string of the molecule is Cl.[2H]C([2H])([2H])[C@H](NC)[C@H](O)c1ccccc1. The predicted molar refractivity (Wildman–Crippen MR) is 57.2 cm³/mol. The number of benzene rings is 1. The van der Waals surface area contributed by atoms with Gasteiger partial charge in [-0.15, -0.1) is 12.4 Å². The van der Waals surface area contributed by atoms with E-state index in [9.17, 15) is 5.11 Å². The average molecular weight is 205 g/mol. The maximum Gasteiger partial charge on any atom is 0.0940 e. The summed E-state index contributed by atoms with van der Waals surface area (Å²) in [6, 6.07) is 7.83. The number of nitrogens with one attached hydrogen (secondary N) is 1. The molecule has 0 aliphatic rings. The molecule has 0 saturated heterocycles. The van der Waals surface area contributed by atoms with E-state index in [0.29, 0.717) is 5.56 Å². The van der Waals surface area contributed by atoms with E-state index in [1.54, 1.807) is 24.3 Å². The Kier molecular flexibility index (Phi) is 3.58. The molecule has 2 atom stereocenters. The summed E-state index contributed by atoms with van der Waals surface area (Å²) in [6.07, 6.45) is -1.02. The highest BCUT2D eigenvalue weighted by Crippen LogP contribution is 2.15. The van der Waals surface area contributed by atoms with Gasteiger partial charge in [0.25, 0.3) is 0 Å². The van der Waals surface area contributed by atoms with E-state index in [4.69, 9.17) is 4.11 Å². The summed E-state index contributed by atoms with van der Waals surface area (Å²) in [5.74, 6) is 0. The summed E-state index contributed by atoms with van der Waals surface area (Å²) < 4.78 is 21.8. The van der Waals surface area contributed by atoms with Crippen LogP contribution in [0, 0.1) is 0 Å². The minimum Gasteiger partial charge on any atom is -0.387 e. The van der Waals surface area contributed by atoms with E-state index < -0.39 is 19.0 Å². The van der Waals surface area contributed by atoms with Crippen LogP contribution in [-0.4, -0.2) is 18.2 Å². The lowest BCUT2D eigenvalue weighted by molar-refractivity contribution is 0.140. The normalized spacial score (nSPS) is 18.8. The van der Waals surface area contributed by atoms with Gasteiger partial charge in [-0.2, -0.15) is 0 Å². The topological polar surface area (TPSA) is 32.3 Å². The van der Waals surface area contributed by atoms with Crippen LogP contribution >= 0.6 is 12.4 Å². The van der Waals surface area contributed by atoms with Crippen LogP contribution in [0.5, 0.6) is 0 Å². The lowest BCUT2D eigenvalue weighted by Crippen LogP contribution is -2.28. The first-order valence-corrected chi connectivity index (χ1v) is 3.87. The van der Waals surface area contributed by atoms with Crippen molar-refractivity contribution in [3.05, 3.63) is 35.9 Å².